The summed E-state index contributed by atoms with van der Waals surface area (Å²) in [6.07, 6.45) is 3.91. The molecule has 2 aliphatic heterocycles. The minimum absolute atomic E-state index is 0.0392. The summed E-state index contributed by atoms with van der Waals surface area (Å²) < 4.78 is 29.7. The Morgan fingerprint density at radius 3 is 2.34 bits per heavy atom. The van der Waals surface area contributed by atoms with Crippen molar-refractivity contribution in [3.05, 3.63) is 29.8 Å². The zero-order valence-corrected chi connectivity index (χ0v) is 18.0. The summed E-state index contributed by atoms with van der Waals surface area (Å²) in [6, 6.07) is 6.30. The van der Waals surface area contributed by atoms with Gasteiger partial charge in [0, 0.05) is 26.6 Å². The summed E-state index contributed by atoms with van der Waals surface area (Å²) in [6.45, 7) is 5.53. The molecule has 0 N–H and O–H groups in total. The Kier molecular flexibility index (Phi) is 6.95. The van der Waals surface area contributed by atoms with E-state index in [1.165, 1.54) is 6.92 Å². The minimum atomic E-state index is -3.73. The average molecular weight is 423 g/mol. The van der Waals surface area contributed by atoms with E-state index < -0.39 is 10.1 Å². The molecular weight excluding hydrogens is 392 g/mol. The van der Waals surface area contributed by atoms with Crippen molar-refractivity contribution < 1.29 is 22.2 Å². The fraction of sp³-hybridized carbons (Fsp3) is 0.619. The first-order chi connectivity index (χ1) is 13.8. The largest absolute Gasteiger partial charge is 0.341 e. The second-order valence-electron chi connectivity index (χ2n) is 8.02. The summed E-state index contributed by atoms with van der Waals surface area (Å²) in [5.41, 5.74) is 0.995. The van der Waals surface area contributed by atoms with E-state index in [-0.39, 0.29) is 29.4 Å². The van der Waals surface area contributed by atoms with Crippen molar-refractivity contribution in [2.75, 3.05) is 26.2 Å². The average Bonchev–Trinajstić information content (AvgIpc) is 3.18. The third kappa shape index (κ3) is 5.36. The van der Waals surface area contributed by atoms with Crippen LogP contribution in [0.1, 0.15) is 44.6 Å². The van der Waals surface area contributed by atoms with Crippen molar-refractivity contribution in [2.24, 2.45) is 5.92 Å². The maximum absolute atomic E-state index is 12.8. The van der Waals surface area contributed by atoms with Crippen molar-refractivity contribution in [3.8, 4) is 0 Å². The van der Waals surface area contributed by atoms with E-state index >= 15 is 0 Å². The molecule has 7 nitrogen and oxygen atoms in total. The highest BCUT2D eigenvalue weighted by atomic mass is 32.2. The van der Waals surface area contributed by atoms with Crippen molar-refractivity contribution >= 4 is 21.9 Å². The number of rotatable bonds is 6. The zero-order valence-electron chi connectivity index (χ0n) is 17.2. The van der Waals surface area contributed by atoms with Crippen LogP contribution < -0.4 is 0 Å². The van der Waals surface area contributed by atoms with Crippen LogP contribution >= 0.6 is 0 Å². The van der Waals surface area contributed by atoms with Crippen molar-refractivity contribution in [3.63, 3.8) is 0 Å². The van der Waals surface area contributed by atoms with Crippen LogP contribution in [0.15, 0.2) is 29.2 Å². The fourth-order valence-electron chi connectivity index (χ4n) is 4.15. The molecule has 2 saturated heterocycles. The third-order valence-electron chi connectivity index (χ3n) is 5.94. The maximum atomic E-state index is 12.8. The fourth-order valence-corrected chi connectivity index (χ4v) is 5.07. The van der Waals surface area contributed by atoms with Crippen molar-refractivity contribution in [2.45, 2.75) is 56.9 Å². The van der Waals surface area contributed by atoms with E-state index in [1.807, 2.05) is 11.8 Å². The Balaban J connectivity index is 1.43. The first-order valence-corrected chi connectivity index (χ1v) is 11.7. The quantitative estimate of drug-likeness (QED) is 0.657. The van der Waals surface area contributed by atoms with Gasteiger partial charge in [-0.1, -0.05) is 17.7 Å². The Bertz CT molecular complexity index is 829. The highest BCUT2D eigenvalue weighted by molar-refractivity contribution is 7.86. The molecule has 2 heterocycles. The van der Waals surface area contributed by atoms with Gasteiger partial charge in [0.05, 0.1) is 11.5 Å². The second-order valence-corrected chi connectivity index (χ2v) is 9.63. The van der Waals surface area contributed by atoms with Crippen LogP contribution in [0.3, 0.4) is 0 Å². The van der Waals surface area contributed by atoms with Crippen LogP contribution in [-0.4, -0.2) is 62.3 Å². The van der Waals surface area contributed by atoms with E-state index in [0.29, 0.717) is 32.0 Å². The lowest BCUT2D eigenvalue weighted by atomic mass is 9.93. The summed E-state index contributed by atoms with van der Waals surface area (Å²) in [4.78, 5) is 28.2. The van der Waals surface area contributed by atoms with Crippen molar-refractivity contribution in [1.29, 1.82) is 0 Å². The lowest BCUT2D eigenvalue weighted by molar-refractivity contribution is -0.143. The summed E-state index contributed by atoms with van der Waals surface area (Å²) in [5.74, 6) is 0.344. The SMILES string of the molecule is CC(=O)N1CCC[C@H]1C(=O)N1CCC(CCOS(=O)(=O)c2ccc(C)cc2)CC1. The number of likely N-dealkylation sites (tertiary alicyclic amines) is 2. The van der Waals surface area contributed by atoms with Crippen LogP contribution in [0.25, 0.3) is 0 Å². The molecule has 0 bridgehead atoms. The van der Waals surface area contributed by atoms with E-state index in [9.17, 15) is 18.0 Å². The predicted octanol–water partition coefficient (Wildman–Crippen LogP) is 2.34. The third-order valence-corrected chi connectivity index (χ3v) is 7.27. The van der Waals surface area contributed by atoms with E-state index in [4.69, 9.17) is 4.18 Å². The number of carbonyl (C=O) groups is 2. The zero-order chi connectivity index (χ0) is 21.0. The van der Waals surface area contributed by atoms with Gasteiger partial charge in [-0.05, 0) is 57.1 Å². The van der Waals surface area contributed by atoms with Gasteiger partial charge in [0.25, 0.3) is 10.1 Å². The van der Waals surface area contributed by atoms with Gasteiger partial charge in [0.15, 0.2) is 0 Å². The summed E-state index contributed by atoms with van der Waals surface area (Å²) in [7, 11) is -3.73. The molecule has 1 aromatic carbocycles. The Morgan fingerprint density at radius 2 is 1.72 bits per heavy atom. The van der Waals surface area contributed by atoms with E-state index in [0.717, 1.165) is 31.2 Å². The molecule has 0 aromatic heterocycles. The predicted molar refractivity (Wildman–Crippen MR) is 109 cm³/mol. The van der Waals surface area contributed by atoms with Crippen LogP contribution in [-0.2, 0) is 23.9 Å². The molecule has 0 aliphatic carbocycles. The first kappa shape index (κ1) is 21.8. The van der Waals surface area contributed by atoms with Gasteiger partial charge in [-0.3, -0.25) is 13.8 Å². The molecule has 2 amide bonds. The molecule has 0 radical (unpaired) electrons. The Morgan fingerprint density at radius 1 is 1.07 bits per heavy atom. The second kappa shape index (κ2) is 9.26. The van der Waals surface area contributed by atoms with Gasteiger partial charge < -0.3 is 9.80 Å². The normalized spacial score (nSPS) is 20.8. The molecule has 0 spiro atoms. The smallest absolute Gasteiger partial charge is 0.296 e. The van der Waals surface area contributed by atoms with Gasteiger partial charge in [0.2, 0.25) is 11.8 Å². The number of benzene rings is 1. The number of piperidine rings is 1. The number of hydrogen-bond donors (Lipinski definition) is 0. The Labute approximate surface area is 173 Å². The molecule has 160 valence electrons. The number of amides is 2. The topological polar surface area (TPSA) is 84.0 Å². The molecule has 8 heteroatoms. The first-order valence-electron chi connectivity index (χ1n) is 10.3. The van der Waals surface area contributed by atoms with Crippen molar-refractivity contribution in [1.82, 2.24) is 9.80 Å². The Hall–Kier alpha value is -1.93. The molecular formula is C21H30N2O5S. The van der Waals surface area contributed by atoms with E-state index in [1.54, 1.807) is 29.2 Å². The molecule has 0 saturated carbocycles. The summed E-state index contributed by atoms with van der Waals surface area (Å²) in [5, 5.41) is 0. The summed E-state index contributed by atoms with van der Waals surface area (Å²) >= 11 is 0. The van der Waals surface area contributed by atoms with Crippen LogP contribution in [0.4, 0.5) is 0 Å². The minimum Gasteiger partial charge on any atom is -0.341 e. The molecule has 2 fully saturated rings. The van der Waals surface area contributed by atoms with E-state index in [2.05, 4.69) is 0 Å². The molecule has 1 atom stereocenters. The van der Waals surface area contributed by atoms with Crippen LogP contribution in [0.2, 0.25) is 0 Å². The lowest BCUT2D eigenvalue weighted by Crippen LogP contribution is -2.49. The number of hydrogen-bond acceptors (Lipinski definition) is 5. The number of carbonyl (C=O) groups excluding carboxylic acids is 2. The number of aryl methyl sites for hydroxylation is 1. The highest BCUT2D eigenvalue weighted by Crippen LogP contribution is 2.25. The van der Waals surface area contributed by atoms with Gasteiger partial charge in [0.1, 0.15) is 6.04 Å². The number of nitrogens with zero attached hydrogens (tertiary/aromatic N) is 2. The molecule has 29 heavy (non-hydrogen) atoms. The molecule has 3 rings (SSSR count). The molecule has 0 unspecified atom stereocenters. The van der Waals surface area contributed by atoms with Gasteiger partial charge in [-0.25, -0.2) is 0 Å². The molecule has 1 aromatic rings. The van der Waals surface area contributed by atoms with Gasteiger partial charge in [-0.2, -0.15) is 8.42 Å². The highest BCUT2D eigenvalue weighted by Gasteiger charge is 2.36. The van der Waals surface area contributed by atoms with Gasteiger partial charge in [-0.15, -0.1) is 0 Å². The lowest BCUT2D eigenvalue weighted by Gasteiger charge is -2.35. The molecule has 2 aliphatic rings. The van der Waals surface area contributed by atoms with Crippen LogP contribution in [0.5, 0.6) is 0 Å². The van der Waals surface area contributed by atoms with Crippen LogP contribution in [0, 0.1) is 12.8 Å². The monoisotopic (exact) mass is 422 g/mol. The standard InChI is InChI=1S/C21H30N2O5S/c1-16-5-7-19(8-6-16)29(26,27)28-15-11-18-9-13-22(14-10-18)21(25)20-4-3-12-23(20)17(2)24/h5-8,18,20H,3-4,9-15H2,1-2H3/t20-/m0/s1. The van der Waals surface area contributed by atoms with Gasteiger partial charge >= 0.3 is 0 Å². The maximum Gasteiger partial charge on any atom is 0.296 e.